The van der Waals surface area contributed by atoms with Crippen molar-refractivity contribution in [2.45, 2.75) is 0 Å². The van der Waals surface area contributed by atoms with Crippen molar-refractivity contribution in [2.24, 2.45) is 0 Å². The van der Waals surface area contributed by atoms with Gasteiger partial charge in [0.25, 0.3) is 0 Å². The normalized spacial score (nSPS) is 17.4. The Labute approximate surface area is 59.9 Å². The maximum Gasteiger partial charge on any atom is 0.246 e. The van der Waals surface area contributed by atoms with E-state index < -0.39 is 0 Å². The third-order valence-corrected chi connectivity index (χ3v) is 1.47. The number of hydrogen-bond donors (Lipinski definition) is 1. The summed E-state index contributed by atoms with van der Waals surface area (Å²) in [6.07, 6.45) is 3.47. The summed E-state index contributed by atoms with van der Waals surface area (Å²) >= 11 is 4.01. The summed E-state index contributed by atoms with van der Waals surface area (Å²) in [6.45, 7) is 1.52. The number of nitrogens with zero attached hydrogens (tertiary/aromatic N) is 1. The van der Waals surface area contributed by atoms with Crippen LogP contribution in [-0.2, 0) is 4.79 Å². The summed E-state index contributed by atoms with van der Waals surface area (Å²) in [5, 5.41) is 0. The minimum atomic E-state index is 0.115. The summed E-state index contributed by atoms with van der Waals surface area (Å²) in [5.41, 5.74) is 0. The molecule has 0 atom stereocenters. The Morgan fingerprint density at radius 2 is 2.56 bits per heavy atom. The van der Waals surface area contributed by atoms with Crippen molar-refractivity contribution in [2.75, 3.05) is 18.8 Å². The van der Waals surface area contributed by atoms with Crippen LogP contribution in [0.15, 0.2) is 12.2 Å². The number of carbonyl (C=O) groups is 1. The van der Waals surface area contributed by atoms with E-state index in [-0.39, 0.29) is 5.91 Å². The predicted molar refractivity (Wildman–Crippen MR) is 39.6 cm³/mol. The molecule has 2 nitrogen and oxygen atoms in total. The molecule has 1 aliphatic rings. The van der Waals surface area contributed by atoms with Crippen LogP contribution in [0.3, 0.4) is 0 Å². The maximum absolute atomic E-state index is 10.8. The average Bonchev–Trinajstić information content (AvgIpc) is 2.18. The highest BCUT2D eigenvalue weighted by atomic mass is 32.1. The zero-order valence-electron chi connectivity index (χ0n) is 5.08. The fourth-order valence-electron chi connectivity index (χ4n) is 0.798. The van der Waals surface area contributed by atoms with Gasteiger partial charge in [-0.15, -0.1) is 0 Å². The monoisotopic (exact) mass is 143 g/mol. The summed E-state index contributed by atoms with van der Waals surface area (Å²) in [4.78, 5) is 12.5. The second-order valence-electron chi connectivity index (χ2n) is 1.91. The molecule has 1 rings (SSSR count). The minimum Gasteiger partial charge on any atom is -0.335 e. The predicted octanol–water partition coefficient (Wildman–Crippen LogP) is 0.315. The second kappa shape index (κ2) is 2.92. The molecule has 0 fully saturated rings. The van der Waals surface area contributed by atoms with Gasteiger partial charge >= 0.3 is 0 Å². The first-order valence-corrected chi connectivity index (χ1v) is 3.54. The third kappa shape index (κ3) is 1.48. The minimum absolute atomic E-state index is 0.115. The van der Waals surface area contributed by atoms with Crippen molar-refractivity contribution < 1.29 is 4.79 Å². The lowest BCUT2D eigenvalue weighted by atomic mass is 10.5. The van der Waals surface area contributed by atoms with Crippen LogP contribution in [0, 0.1) is 0 Å². The number of hydrogen-bond acceptors (Lipinski definition) is 2. The Bertz CT molecular complexity index is 144. The van der Waals surface area contributed by atoms with Crippen LogP contribution in [0.1, 0.15) is 0 Å². The molecule has 0 saturated carbocycles. The zero-order chi connectivity index (χ0) is 6.69. The van der Waals surface area contributed by atoms with Crippen LogP contribution in [0.4, 0.5) is 0 Å². The molecule has 0 N–H and O–H groups in total. The van der Waals surface area contributed by atoms with Gasteiger partial charge in [0.15, 0.2) is 0 Å². The SMILES string of the molecule is O=C1C=CCN1CCS. The van der Waals surface area contributed by atoms with E-state index in [2.05, 4.69) is 12.6 Å². The van der Waals surface area contributed by atoms with Crippen LogP contribution in [-0.4, -0.2) is 29.6 Å². The van der Waals surface area contributed by atoms with Gasteiger partial charge in [0.1, 0.15) is 0 Å². The first kappa shape index (κ1) is 6.68. The lowest BCUT2D eigenvalue weighted by Crippen LogP contribution is -2.27. The number of thiol groups is 1. The summed E-state index contributed by atoms with van der Waals surface area (Å²) < 4.78 is 0. The lowest BCUT2D eigenvalue weighted by Gasteiger charge is -2.12. The van der Waals surface area contributed by atoms with E-state index in [9.17, 15) is 4.79 Å². The van der Waals surface area contributed by atoms with Gasteiger partial charge in [-0.2, -0.15) is 12.6 Å². The molecule has 0 bridgehead atoms. The van der Waals surface area contributed by atoms with Crippen molar-refractivity contribution in [1.29, 1.82) is 0 Å². The topological polar surface area (TPSA) is 20.3 Å². The number of carbonyl (C=O) groups excluding carboxylic acids is 1. The van der Waals surface area contributed by atoms with Gasteiger partial charge in [-0.3, -0.25) is 4.79 Å². The molecule has 1 amide bonds. The van der Waals surface area contributed by atoms with Crippen molar-refractivity contribution in [3.05, 3.63) is 12.2 Å². The molecule has 0 radical (unpaired) electrons. The standard InChI is InChI=1S/C6H9NOS/c8-6-2-1-3-7(6)4-5-9/h1-2,9H,3-5H2. The highest BCUT2D eigenvalue weighted by Gasteiger charge is 2.11. The number of rotatable bonds is 2. The van der Waals surface area contributed by atoms with Gasteiger partial charge in [0, 0.05) is 24.9 Å². The van der Waals surface area contributed by atoms with Crippen molar-refractivity contribution >= 4 is 18.5 Å². The molecule has 1 heterocycles. The highest BCUT2D eigenvalue weighted by Crippen LogP contribution is 1.99. The van der Waals surface area contributed by atoms with Gasteiger partial charge in [-0.1, -0.05) is 6.08 Å². The smallest absolute Gasteiger partial charge is 0.246 e. The van der Waals surface area contributed by atoms with E-state index >= 15 is 0 Å². The second-order valence-corrected chi connectivity index (χ2v) is 2.36. The fraction of sp³-hybridized carbons (Fsp3) is 0.500. The average molecular weight is 143 g/mol. The molecular formula is C6H9NOS. The van der Waals surface area contributed by atoms with Crippen molar-refractivity contribution in [3.8, 4) is 0 Å². The molecule has 0 aromatic rings. The molecular weight excluding hydrogens is 134 g/mol. The van der Waals surface area contributed by atoms with E-state index in [4.69, 9.17) is 0 Å². The number of amides is 1. The quantitative estimate of drug-likeness (QED) is 0.552. The molecule has 50 valence electrons. The molecule has 0 unspecified atom stereocenters. The van der Waals surface area contributed by atoms with Crippen LogP contribution in [0.5, 0.6) is 0 Å². The van der Waals surface area contributed by atoms with Gasteiger partial charge in [-0.05, 0) is 0 Å². The van der Waals surface area contributed by atoms with E-state index in [1.165, 1.54) is 0 Å². The highest BCUT2D eigenvalue weighted by molar-refractivity contribution is 7.80. The van der Waals surface area contributed by atoms with Crippen LogP contribution < -0.4 is 0 Å². The van der Waals surface area contributed by atoms with Gasteiger partial charge in [0.2, 0.25) is 5.91 Å². The Morgan fingerprint density at radius 3 is 3.00 bits per heavy atom. The van der Waals surface area contributed by atoms with Gasteiger partial charge in [-0.25, -0.2) is 0 Å². The molecule has 1 aliphatic heterocycles. The van der Waals surface area contributed by atoms with E-state index in [1.54, 1.807) is 11.0 Å². The Morgan fingerprint density at radius 1 is 1.78 bits per heavy atom. The molecule has 0 spiro atoms. The van der Waals surface area contributed by atoms with Crippen LogP contribution in [0.25, 0.3) is 0 Å². The summed E-state index contributed by atoms with van der Waals surface area (Å²) in [5.74, 6) is 0.858. The Balaban J connectivity index is 2.37. The van der Waals surface area contributed by atoms with E-state index in [0.717, 1.165) is 18.8 Å². The molecule has 0 aliphatic carbocycles. The molecule has 0 aromatic carbocycles. The Hall–Kier alpha value is -0.440. The first-order chi connectivity index (χ1) is 4.34. The Kier molecular flexibility index (Phi) is 2.16. The summed E-state index contributed by atoms with van der Waals surface area (Å²) in [7, 11) is 0. The van der Waals surface area contributed by atoms with E-state index in [0.29, 0.717) is 0 Å². The third-order valence-electron chi connectivity index (χ3n) is 1.27. The fourth-order valence-corrected chi connectivity index (χ4v) is 1.04. The van der Waals surface area contributed by atoms with Crippen molar-refractivity contribution in [1.82, 2.24) is 4.90 Å². The molecule has 0 aromatic heterocycles. The summed E-state index contributed by atoms with van der Waals surface area (Å²) in [6, 6.07) is 0. The van der Waals surface area contributed by atoms with Crippen LogP contribution in [0.2, 0.25) is 0 Å². The molecule has 9 heavy (non-hydrogen) atoms. The zero-order valence-corrected chi connectivity index (χ0v) is 5.97. The largest absolute Gasteiger partial charge is 0.335 e. The molecule has 0 saturated heterocycles. The first-order valence-electron chi connectivity index (χ1n) is 2.91. The van der Waals surface area contributed by atoms with Gasteiger partial charge in [0.05, 0.1) is 0 Å². The van der Waals surface area contributed by atoms with Gasteiger partial charge < -0.3 is 4.90 Å². The lowest BCUT2D eigenvalue weighted by molar-refractivity contribution is -0.124. The maximum atomic E-state index is 10.8. The van der Waals surface area contributed by atoms with Crippen LogP contribution >= 0.6 is 12.6 Å². The van der Waals surface area contributed by atoms with E-state index in [1.807, 2.05) is 6.08 Å². The molecule has 3 heteroatoms. The van der Waals surface area contributed by atoms with Crippen molar-refractivity contribution in [3.63, 3.8) is 0 Å².